The first-order chi connectivity index (χ1) is 7.24. The Morgan fingerprint density at radius 1 is 1.20 bits per heavy atom. The minimum Gasteiger partial charge on any atom is -0.399 e. The maximum absolute atomic E-state index is 5.58. The van der Waals surface area contributed by atoms with Gasteiger partial charge in [-0.3, -0.25) is 5.10 Å². The Kier molecular flexibility index (Phi) is 2.49. The zero-order valence-electron chi connectivity index (χ0n) is 8.44. The van der Waals surface area contributed by atoms with Crippen molar-refractivity contribution in [2.75, 3.05) is 5.73 Å². The molecule has 0 fully saturated rings. The first-order valence-electron chi connectivity index (χ1n) is 4.67. The summed E-state index contributed by atoms with van der Waals surface area (Å²) in [7, 11) is 0. The van der Waals surface area contributed by atoms with Crippen molar-refractivity contribution in [3.05, 3.63) is 41.5 Å². The van der Waals surface area contributed by atoms with Crippen LogP contribution in [0.1, 0.15) is 17.2 Å². The van der Waals surface area contributed by atoms with E-state index < -0.39 is 0 Å². The Morgan fingerprint density at radius 3 is 2.53 bits per heavy atom. The van der Waals surface area contributed by atoms with Gasteiger partial charge in [0.1, 0.15) is 5.82 Å². The second-order valence-electron chi connectivity index (χ2n) is 3.28. The number of nitrogens with two attached hydrogens (primary N) is 1. The zero-order chi connectivity index (χ0) is 10.7. The van der Waals surface area contributed by atoms with Crippen LogP contribution in [0.4, 0.5) is 5.69 Å². The highest BCUT2D eigenvalue weighted by Crippen LogP contribution is 2.08. The number of nitrogens with one attached hydrogen (secondary N) is 1. The monoisotopic (exact) mass is 200 g/mol. The second kappa shape index (κ2) is 3.96. The molecule has 3 N–H and O–H groups in total. The fourth-order valence-corrected chi connectivity index (χ4v) is 1.21. The van der Waals surface area contributed by atoms with Crippen LogP contribution in [0, 0.1) is 6.92 Å². The summed E-state index contributed by atoms with van der Waals surface area (Å²) in [6.45, 7) is 1.87. The number of hydrogen-bond acceptors (Lipinski definition) is 3. The molecule has 76 valence electrons. The van der Waals surface area contributed by atoms with Gasteiger partial charge in [0.05, 0.1) is 0 Å². The Hall–Kier alpha value is -2.10. The first-order valence-corrected chi connectivity index (χ1v) is 4.67. The Balaban J connectivity index is 2.14. The molecule has 2 aromatic rings. The molecule has 15 heavy (non-hydrogen) atoms. The van der Waals surface area contributed by atoms with Crippen molar-refractivity contribution >= 4 is 17.8 Å². The normalized spacial score (nSPS) is 11.0. The van der Waals surface area contributed by atoms with E-state index in [1.807, 2.05) is 43.3 Å². The fraction of sp³-hybridized carbons (Fsp3) is 0.0909. The van der Waals surface area contributed by atoms with Crippen LogP contribution in [0.3, 0.4) is 0 Å². The van der Waals surface area contributed by atoms with Crippen LogP contribution in [0.2, 0.25) is 0 Å². The van der Waals surface area contributed by atoms with Gasteiger partial charge in [-0.2, -0.15) is 5.10 Å². The molecule has 0 bridgehead atoms. The summed E-state index contributed by atoms with van der Waals surface area (Å²) in [5.41, 5.74) is 7.42. The van der Waals surface area contributed by atoms with E-state index in [2.05, 4.69) is 15.2 Å². The molecule has 0 spiro atoms. The molecular weight excluding hydrogens is 188 g/mol. The number of aromatic nitrogens is 3. The molecule has 0 saturated carbocycles. The molecule has 0 aliphatic rings. The molecule has 0 atom stereocenters. The van der Waals surface area contributed by atoms with E-state index in [-0.39, 0.29) is 0 Å². The van der Waals surface area contributed by atoms with Crippen molar-refractivity contribution in [3.8, 4) is 0 Å². The van der Waals surface area contributed by atoms with Crippen LogP contribution in [0.15, 0.2) is 24.3 Å². The number of aromatic amines is 1. The van der Waals surface area contributed by atoms with Gasteiger partial charge in [0.15, 0.2) is 5.82 Å². The molecule has 2 rings (SSSR count). The third kappa shape index (κ3) is 2.43. The summed E-state index contributed by atoms with van der Waals surface area (Å²) in [4.78, 5) is 4.17. The largest absolute Gasteiger partial charge is 0.399 e. The molecule has 0 aliphatic heterocycles. The third-order valence-corrected chi connectivity index (χ3v) is 1.98. The third-order valence-electron chi connectivity index (χ3n) is 1.98. The summed E-state index contributed by atoms with van der Waals surface area (Å²) in [5, 5.41) is 6.78. The lowest BCUT2D eigenvalue weighted by Crippen LogP contribution is -1.82. The van der Waals surface area contributed by atoms with E-state index in [1.165, 1.54) is 0 Å². The number of benzene rings is 1. The zero-order valence-corrected chi connectivity index (χ0v) is 8.44. The van der Waals surface area contributed by atoms with Gasteiger partial charge in [-0.05, 0) is 30.7 Å². The Bertz CT molecular complexity index is 468. The van der Waals surface area contributed by atoms with E-state index in [1.54, 1.807) is 0 Å². The van der Waals surface area contributed by atoms with Crippen LogP contribution in [0.5, 0.6) is 0 Å². The summed E-state index contributed by atoms with van der Waals surface area (Å²) < 4.78 is 0. The van der Waals surface area contributed by atoms with E-state index in [9.17, 15) is 0 Å². The fourth-order valence-electron chi connectivity index (χ4n) is 1.21. The van der Waals surface area contributed by atoms with Gasteiger partial charge in [-0.25, -0.2) is 4.98 Å². The molecule has 4 nitrogen and oxygen atoms in total. The molecule has 0 radical (unpaired) electrons. The number of aryl methyl sites for hydroxylation is 1. The summed E-state index contributed by atoms with van der Waals surface area (Å²) in [6.07, 6.45) is 3.80. The van der Waals surface area contributed by atoms with Crippen LogP contribution in [-0.2, 0) is 0 Å². The van der Waals surface area contributed by atoms with E-state index in [0.29, 0.717) is 5.82 Å². The predicted octanol–water partition coefficient (Wildman–Crippen LogP) is 1.87. The maximum Gasteiger partial charge on any atom is 0.173 e. The van der Waals surface area contributed by atoms with E-state index in [0.717, 1.165) is 17.1 Å². The molecule has 4 heteroatoms. The Labute approximate surface area is 87.9 Å². The van der Waals surface area contributed by atoms with Gasteiger partial charge in [-0.15, -0.1) is 0 Å². The summed E-state index contributed by atoms with van der Waals surface area (Å²) >= 11 is 0. The van der Waals surface area contributed by atoms with Crippen molar-refractivity contribution in [2.24, 2.45) is 0 Å². The van der Waals surface area contributed by atoms with Gasteiger partial charge in [0.25, 0.3) is 0 Å². The van der Waals surface area contributed by atoms with Crippen molar-refractivity contribution in [2.45, 2.75) is 6.92 Å². The lowest BCUT2D eigenvalue weighted by Gasteiger charge is -1.93. The number of anilines is 1. The molecule has 1 aromatic carbocycles. The minimum atomic E-state index is 0.685. The molecule has 0 aliphatic carbocycles. The molecule has 0 unspecified atom stereocenters. The van der Waals surface area contributed by atoms with Crippen molar-refractivity contribution < 1.29 is 0 Å². The number of nitrogens with zero attached hydrogens (tertiary/aromatic N) is 2. The van der Waals surface area contributed by atoms with E-state index >= 15 is 0 Å². The lowest BCUT2D eigenvalue weighted by molar-refractivity contribution is 1.03. The van der Waals surface area contributed by atoms with Gasteiger partial charge < -0.3 is 5.73 Å². The highest BCUT2D eigenvalue weighted by atomic mass is 15.2. The number of hydrogen-bond donors (Lipinski definition) is 2. The Morgan fingerprint density at radius 2 is 1.93 bits per heavy atom. The SMILES string of the molecule is Cc1nc(/C=C/c2ccc(N)cc2)n[nH]1. The predicted molar refractivity (Wildman–Crippen MR) is 60.9 cm³/mol. The summed E-state index contributed by atoms with van der Waals surface area (Å²) in [5.74, 6) is 1.50. The number of nitrogen functional groups attached to an aromatic ring is 1. The van der Waals surface area contributed by atoms with Crippen LogP contribution in [0.25, 0.3) is 12.2 Å². The molecule has 0 amide bonds. The smallest absolute Gasteiger partial charge is 0.173 e. The maximum atomic E-state index is 5.58. The van der Waals surface area contributed by atoms with Crippen LogP contribution in [-0.4, -0.2) is 15.2 Å². The average Bonchev–Trinajstić information content (AvgIpc) is 2.64. The summed E-state index contributed by atoms with van der Waals surface area (Å²) in [6, 6.07) is 7.63. The van der Waals surface area contributed by atoms with Gasteiger partial charge >= 0.3 is 0 Å². The van der Waals surface area contributed by atoms with Gasteiger partial charge in [0.2, 0.25) is 0 Å². The highest BCUT2D eigenvalue weighted by Gasteiger charge is 1.93. The average molecular weight is 200 g/mol. The number of rotatable bonds is 2. The van der Waals surface area contributed by atoms with Gasteiger partial charge in [-0.1, -0.05) is 18.2 Å². The lowest BCUT2D eigenvalue weighted by atomic mass is 10.2. The molecule has 1 aromatic heterocycles. The molecular formula is C11H12N4. The van der Waals surface area contributed by atoms with Crippen LogP contribution >= 0.6 is 0 Å². The minimum absolute atomic E-state index is 0.685. The highest BCUT2D eigenvalue weighted by molar-refractivity contribution is 5.67. The van der Waals surface area contributed by atoms with Gasteiger partial charge in [0, 0.05) is 5.69 Å². The van der Waals surface area contributed by atoms with Crippen molar-refractivity contribution in [1.82, 2.24) is 15.2 Å². The topological polar surface area (TPSA) is 67.6 Å². The second-order valence-corrected chi connectivity index (χ2v) is 3.28. The first kappa shape index (κ1) is 9.45. The number of H-pyrrole nitrogens is 1. The standard InChI is InChI=1S/C11H12N4/c1-8-13-11(15-14-8)7-4-9-2-5-10(12)6-3-9/h2-7H,12H2,1H3,(H,13,14,15)/b7-4+. The van der Waals surface area contributed by atoms with Crippen LogP contribution < -0.4 is 5.73 Å². The van der Waals surface area contributed by atoms with E-state index in [4.69, 9.17) is 5.73 Å². The van der Waals surface area contributed by atoms with Crippen molar-refractivity contribution in [3.63, 3.8) is 0 Å². The molecule has 1 heterocycles. The molecule has 0 saturated heterocycles. The van der Waals surface area contributed by atoms with Crippen molar-refractivity contribution in [1.29, 1.82) is 0 Å². The quantitative estimate of drug-likeness (QED) is 0.727.